The first-order valence-electron chi connectivity index (χ1n) is 10.2. The maximum Gasteiger partial charge on any atom is 0.324 e. The number of hydrogen-bond acceptors (Lipinski definition) is 6. The van der Waals surface area contributed by atoms with Gasteiger partial charge in [-0.05, 0) is 63.2 Å². The van der Waals surface area contributed by atoms with Gasteiger partial charge in [-0.3, -0.25) is 14.4 Å². The van der Waals surface area contributed by atoms with Gasteiger partial charge in [0.05, 0.1) is 4.90 Å². The Kier molecular flexibility index (Phi) is 9.39. The van der Waals surface area contributed by atoms with Crippen molar-refractivity contribution in [1.29, 1.82) is 0 Å². The van der Waals surface area contributed by atoms with Gasteiger partial charge in [0.2, 0.25) is 10.0 Å². The van der Waals surface area contributed by atoms with Gasteiger partial charge in [0.15, 0.2) is 6.61 Å². The van der Waals surface area contributed by atoms with Crippen LogP contribution in [-0.2, 0) is 24.3 Å². The molecule has 178 valence electrons. The van der Waals surface area contributed by atoms with Gasteiger partial charge in [0, 0.05) is 29.4 Å². The Balaban J connectivity index is 1.91. The molecule has 0 unspecified atom stereocenters. The topological polar surface area (TPSA) is 122 Å². The van der Waals surface area contributed by atoms with Crippen molar-refractivity contribution in [3.05, 3.63) is 59.1 Å². The molecule has 0 aliphatic rings. The largest absolute Gasteiger partial charge is 0.454 e. The number of esters is 1. The number of nitrogens with one attached hydrogen (secondary N) is 2. The summed E-state index contributed by atoms with van der Waals surface area (Å²) in [4.78, 5) is 38.3. The molecular weight excluding hydrogens is 470 g/mol. The summed E-state index contributed by atoms with van der Waals surface area (Å²) in [5.41, 5.74) is 0.782. The summed E-state index contributed by atoms with van der Waals surface area (Å²) >= 11 is 5.75. The van der Waals surface area contributed by atoms with Crippen molar-refractivity contribution >= 4 is 45.1 Å². The Morgan fingerprint density at radius 2 is 1.70 bits per heavy atom. The van der Waals surface area contributed by atoms with Gasteiger partial charge >= 0.3 is 5.97 Å². The molecule has 2 N–H and O–H groups in total. The molecule has 2 aromatic rings. The van der Waals surface area contributed by atoms with Gasteiger partial charge < -0.3 is 15.0 Å². The predicted molar refractivity (Wildman–Crippen MR) is 125 cm³/mol. The van der Waals surface area contributed by atoms with E-state index in [0.717, 1.165) is 0 Å². The maximum absolute atomic E-state index is 12.4. The van der Waals surface area contributed by atoms with E-state index in [9.17, 15) is 22.8 Å². The third-order valence-corrected chi connectivity index (χ3v) is 6.41. The maximum atomic E-state index is 12.4. The summed E-state index contributed by atoms with van der Waals surface area (Å²) in [6, 6.07) is 10.6. The van der Waals surface area contributed by atoms with Crippen LogP contribution in [-0.4, -0.2) is 56.8 Å². The lowest BCUT2D eigenvalue weighted by Crippen LogP contribution is -2.40. The number of carbonyl (C=O) groups excluding carboxylic acids is 3. The van der Waals surface area contributed by atoms with Crippen LogP contribution in [0.4, 0.5) is 5.69 Å². The van der Waals surface area contributed by atoms with Crippen LogP contribution in [0.5, 0.6) is 0 Å². The van der Waals surface area contributed by atoms with Crippen LogP contribution in [0.3, 0.4) is 0 Å². The summed E-state index contributed by atoms with van der Waals surface area (Å²) < 4.78 is 31.8. The first-order chi connectivity index (χ1) is 15.6. The van der Waals surface area contributed by atoms with E-state index in [0.29, 0.717) is 29.4 Å². The van der Waals surface area contributed by atoms with Crippen LogP contribution in [0.2, 0.25) is 5.02 Å². The van der Waals surface area contributed by atoms with E-state index in [1.165, 1.54) is 37.3 Å². The molecule has 0 radical (unpaired) electrons. The molecule has 0 saturated heterocycles. The fraction of sp³-hybridized carbons (Fsp3) is 0.318. The van der Waals surface area contributed by atoms with Crippen LogP contribution in [0.15, 0.2) is 53.4 Å². The van der Waals surface area contributed by atoms with Crippen molar-refractivity contribution in [2.24, 2.45) is 0 Å². The Hall–Kier alpha value is -2.95. The molecule has 0 saturated carbocycles. The summed E-state index contributed by atoms with van der Waals surface area (Å²) in [6.45, 7) is 5.54. The van der Waals surface area contributed by atoms with Gasteiger partial charge in [-0.25, -0.2) is 8.42 Å². The van der Waals surface area contributed by atoms with Gasteiger partial charge in [-0.2, -0.15) is 4.72 Å². The summed E-state index contributed by atoms with van der Waals surface area (Å²) in [5, 5.41) is 2.92. The lowest BCUT2D eigenvalue weighted by atomic mass is 10.1. The zero-order chi connectivity index (χ0) is 24.6. The van der Waals surface area contributed by atoms with Gasteiger partial charge in [0.1, 0.15) is 6.04 Å². The minimum atomic E-state index is -3.98. The van der Waals surface area contributed by atoms with Crippen molar-refractivity contribution in [2.45, 2.75) is 31.7 Å². The van der Waals surface area contributed by atoms with Crippen molar-refractivity contribution in [3.8, 4) is 0 Å². The Morgan fingerprint density at radius 3 is 2.30 bits per heavy atom. The van der Waals surface area contributed by atoms with Crippen molar-refractivity contribution < 1.29 is 27.5 Å². The zero-order valence-corrected chi connectivity index (χ0v) is 20.1. The lowest BCUT2D eigenvalue weighted by molar-refractivity contribution is -0.148. The number of benzene rings is 2. The second-order valence-corrected chi connectivity index (χ2v) is 9.16. The molecule has 11 heteroatoms. The first-order valence-corrected chi connectivity index (χ1v) is 12.1. The van der Waals surface area contributed by atoms with Gasteiger partial charge in [-0.1, -0.05) is 17.7 Å². The zero-order valence-electron chi connectivity index (χ0n) is 18.5. The third kappa shape index (κ3) is 7.55. The minimum absolute atomic E-state index is 0.0663. The van der Waals surface area contributed by atoms with Crippen LogP contribution in [0.25, 0.3) is 0 Å². The highest BCUT2D eigenvalue weighted by Gasteiger charge is 2.24. The summed E-state index contributed by atoms with van der Waals surface area (Å²) in [5.74, 6) is -1.72. The highest BCUT2D eigenvalue weighted by atomic mass is 35.5. The lowest BCUT2D eigenvalue weighted by Gasteiger charge is -2.19. The number of sulfonamides is 1. The average molecular weight is 496 g/mol. The number of amides is 2. The van der Waals surface area contributed by atoms with Gasteiger partial charge in [0.25, 0.3) is 11.8 Å². The molecule has 0 aliphatic heterocycles. The minimum Gasteiger partial charge on any atom is -0.454 e. The molecule has 0 spiro atoms. The smallest absolute Gasteiger partial charge is 0.324 e. The summed E-state index contributed by atoms with van der Waals surface area (Å²) in [6.07, 6.45) is 0. The first kappa shape index (κ1) is 26.3. The standard InChI is InChI=1S/C22H26ClN3O6S/c1-4-26(5-2)21(28)16-7-6-8-18(13-16)24-20(27)14-32-22(29)15(3)25-33(30,31)19-11-9-17(23)10-12-19/h6-13,15,25H,4-5,14H2,1-3H3,(H,24,27)/t15-/m0/s1. The highest BCUT2D eigenvalue weighted by Crippen LogP contribution is 2.15. The van der Waals surface area contributed by atoms with E-state index >= 15 is 0 Å². The second kappa shape index (κ2) is 11.8. The summed E-state index contributed by atoms with van der Waals surface area (Å²) in [7, 11) is -3.98. The number of carbonyl (C=O) groups is 3. The molecule has 1 atom stereocenters. The number of hydrogen-bond donors (Lipinski definition) is 2. The number of nitrogens with zero attached hydrogens (tertiary/aromatic N) is 1. The van der Waals surface area contributed by atoms with E-state index < -0.39 is 34.5 Å². The predicted octanol–water partition coefficient (Wildman–Crippen LogP) is 2.67. The quantitative estimate of drug-likeness (QED) is 0.489. The van der Waals surface area contributed by atoms with Crippen LogP contribution in [0.1, 0.15) is 31.1 Å². The van der Waals surface area contributed by atoms with Crippen molar-refractivity contribution in [2.75, 3.05) is 25.0 Å². The van der Waals surface area contributed by atoms with Crippen LogP contribution in [0, 0.1) is 0 Å². The molecule has 2 rings (SSSR count). The number of ether oxygens (including phenoxy) is 1. The Bertz CT molecular complexity index is 1100. The fourth-order valence-electron chi connectivity index (χ4n) is 2.84. The molecule has 9 nitrogen and oxygen atoms in total. The molecule has 2 amide bonds. The van der Waals surface area contributed by atoms with Crippen molar-refractivity contribution in [1.82, 2.24) is 9.62 Å². The van der Waals surface area contributed by atoms with E-state index in [-0.39, 0.29) is 10.8 Å². The second-order valence-electron chi connectivity index (χ2n) is 7.01. The SMILES string of the molecule is CCN(CC)C(=O)c1cccc(NC(=O)COC(=O)[C@H](C)NS(=O)(=O)c2ccc(Cl)cc2)c1. The Labute approximate surface area is 198 Å². The molecule has 33 heavy (non-hydrogen) atoms. The van der Waals surface area contributed by atoms with E-state index in [4.69, 9.17) is 16.3 Å². The fourth-order valence-corrected chi connectivity index (χ4v) is 4.16. The number of rotatable bonds is 10. The molecule has 0 fully saturated rings. The highest BCUT2D eigenvalue weighted by molar-refractivity contribution is 7.89. The van der Waals surface area contributed by atoms with E-state index in [2.05, 4.69) is 10.0 Å². The monoisotopic (exact) mass is 495 g/mol. The molecule has 0 heterocycles. The van der Waals surface area contributed by atoms with Crippen LogP contribution >= 0.6 is 11.6 Å². The molecule has 0 aromatic heterocycles. The Morgan fingerprint density at radius 1 is 1.06 bits per heavy atom. The molecule has 0 bridgehead atoms. The van der Waals surface area contributed by atoms with Gasteiger partial charge in [-0.15, -0.1) is 0 Å². The van der Waals surface area contributed by atoms with Crippen LogP contribution < -0.4 is 10.0 Å². The van der Waals surface area contributed by atoms with Crippen molar-refractivity contribution in [3.63, 3.8) is 0 Å². The number of anilines is 1. The molecule has 2 aromatic carbocycles. The van der Waals surface area contributed by atoms with E-state index in [1.54, 1.807) is 23.1 Å². The number of halogens is 1. The third-order valence-electron chi connectivity index (χ3n) is 4.60. The average Bonchev–Trinajstić information content (AvgIpc) is 2.78. The molecule has 0 aliphatic carbocycles. The molecular formula is C22H26ClN3O6S. The normalized spacial score (nSPS) is 12.0. The van der Waals surface area contributed by atoms with E-state index in [1.807, 2.05) is 13.8 Å².